The number of aliphatic hydroxyl groups excluding tert-OH is 1. The lowest BCUT2D eigenvalue weighted by Crippen LogP contribution is -2.28. The predicted molar refractivity (Wildman–Crippen MR) is 112 cm³/mol. The van der Waals surface area contributed by atoms with Gasteiger partial charge in [0.25, 0.3) is 6.01 Å². The highest BCUT2D eigenvalue weighted by Crippen LogP contribution is 2.30. The molecule has 0 saturated heterocycles. The molecular weight excluding hydrogens is 394 g/mol. The van der Waals surface area contributed by atoms with Crippen molar-refractivity contribution in [3.8, 4) is 6.01 Å². The number of aromatic amines is 1. The molecule has 0 aliphatic heterocycles. The van der Waals surface area contributed by atoms with E-state index in [-0.39, 0.29) is 18.6 Å². The van der Waals surface area contributed by atoms with Gasteiger partial charge in [-0.2, -0.15) is 4.98 Å². The van der Waals surface area contributed by atoms with Gasteiger partial charge in [-0.25, -0.2) is 4.98 Å². The van der Waals surface area contributed by atoms with Crippen LogP contribution in [0.15, 0.2) is 36.4 Å². The number of carbonyl (C=O) groups is 1. The molecule has 1 aliphatic carbocycles. The molecule has 154 valence electrons. The zero-order chi connectivity index (χ0) is 21.0. The summed E-state index contributed by atoms with van der Waals surface area (Å²) in [5.74, 6) is -1.04. The Hall–Kier alpha value is -2.64. The van der Waals surface area contributed by atoms with Crippen LogP contribution in [0, 0.1) is 5.92 Å². The third kappa shape index (κ3) is 4.86. The molecule has 1 fully saturated rings. The minimum absolute atomic E-state index is 0.0761. The van der Waals surface area contributed by atoms with Crippen LogP contribution in [0.4, 0.5) is 0 Å². The van der Waals surface area contributed by atoms with Crippen LogP contribution >= 0.6 is 11.6 Å². The number of aliphatic hydroxyl groups is 1. The van der Waals surface area contributed by atoms with E-state index in [1.165, 1.54) is 0 Å². The Balaban J connectivity index is 1.82. The highest BCUT2D eigenvalue weighted by Gasteiger charge is 2.27. The van der Waals surface area contributed by atoms with Gasteiger partial charge in [-0.1, -0.05) is 36.4 Å². The summed E-state index contributed by atoms with van der Waals surface area (Å²) in [5, 5.41) is 19.2. The van der Waals surface area contributed by atoms with Gasteiger partial charge in [-0.3, -0.25) is 4.79 Å². The summed E-state index contributed by atoms with van der Waals surface area (Å²) in [7, 11) is 0. The Morgan fingerprint density at radius 3 is 2.72 bits per heavy atom. The Bertz CT molecular complexity index is 972. The molecule has 0 radical (unpaired) electrons. The summed E-state index contributed by atoms with van der Waals surface area (Å²) < 4.78 is 5.91. The number of carboxylic acid groups (broad SMARTS) is 1. The van der Waals surface area contributed by atoms with Crippen molar-refractivity contribution in [1.82, 2.24) is 15.0 Å². The maximum atomic E-state index is 11.1. The van der Waals surface area contributed by atoms with Gasteiger partial charge in [0.2, 0.25) is 0 Å². The average molecular weight is 418 g/mol. The number of nitrogens with one attached hydrogen (secondary N) is 1. The van der Waals surface area contributed by atoms with Crippen molar-refractivity contribution in [2.24, 2.45) is 5.92 Å². The topological polar surface area (TPSA) is 108 Å². The average Bonchev–Trinajstić information content (AvgIpc) is 3.09. The van der Waals surface area contributed by atoms with Gasteiger partial charge < -0.3 is 19.9 Å². The molecule has 1 aliphatic rings. The van der Waals surface area contributed by atoms with E-state index in [0.717, 1.165) is 5.57 Å². The summed E-state index contributed by atoms with van der Waals surface area (Å²) >= 11 is 6.41. The molecule has 0 amide bonds. The van der Waals surface area contributed by atoms with Gasteiger partial charge in [0.15, 0.2) is 5.65 Å². The molecule has 0 bridgehead atoms. The van der Waals surface area contributed by atoms with E-state index in [1.807, 2.05) is 6.92 Å². The van der Waals surface area contributed by atoms with Crippen molar-refractivity contribution in [3.05, 3.63) is 47.2 Å². The van der Waals surface area contributed by atoms with Crippen molar-refractivity contribution in [2.45, 2.75) is 38.7 Å². The molecule has 0 atom stereocenters. The largest absolute Gasteiger partial charge is 0.481 e. The Morgan fingerprint density at radius 1 is 1.38 bits per heavy atom. The van der Waals surface area contributed by atoms with Crippen LogP contribution in [0.1, 0.15) is 38.3 Å². The molecule has 3 N–H and O–H groups in total. The number of hydrogen-bond donors (Lipinski definition) is 3. The van der Waals surface area contributed by atoms with E-state index < -0.39 is 5.97 Å². The first-order valence-corrected chi connectivity index (χ1v) is 9.86. The highest BCUT2D eigenvalue weighted by atomic mass is 35.5. The number of nitrogens with zero attached hydrogens (tertiary/aromatic N) is 2. The van der Waals surface area contributed by atoms with Crippen molar-refractivity contribution in [3.63, 3.8) is 0 Å². The van der Waals surface area contributed by atoms with Crippen LogP contribution in [-0.2, 0) is 4.79 Å². The molecule has 3 rings (SSSR count). The van der Waals surface area contributed by atoms with E-state index in [2.05, 4.69) is 21.5 Å². The van der Waals surface area contributed by atoms with Crippen LogP contribution in [0.25, 0.3) is 16.7 Å². The van der Waals surface area contributed by atoms with E-state index in [4.69, 9.17) is 21.4 Å². The number of pyridine rings is 1. The normalized spacial score (nSPS) is 20.7. The van der Waals surface area contributed by atoms with Crippen LogP contribution in [0.3, 0.4) is 0 Å². The minimum atomic E-state index is -0.743. The number of rotatable bonds is 7. The first-order chi connectivity index (χ1) is 13.9. The van der Waals surface area contributed by atoms with Gasteiger partial charge in [0.1, 0.15) is 6.10 Å². The molecular formula is C21H24ClN3O4. The summed E-state index contributed by atoms with van der Waals surface area (Å²) in [4.78, 5) is 23.1. The zero-order valence-electron chi connectivity index (χ0n) is 16.2. The van der Waals surface area contributed by atoms with Crippen LogP contribution < -0.4 is 4.74 Å². The van der Waals surface area contributed by atoms with Gasteiger partial charge in [-0.15, -0.1) is 0 Å². The number of aliphatic carboxylic acids is 1. The third-order valence-electron chi connectivity index (χ3n) is 5.15. The number of aromatic nitrogens is 3. The van der Waals surface area contributed by atoms with Crippen molar-refractivity contribution >= 4 is 34.3 Å². The summed E-state index contributed by atoms with van der Waals surface area (Å²) in [5.41, 5.74) is 3.07. The lowest BCUT2D eigenvalue weighted by atomic mass is 9.87. The van der Waals surface area contributed by atoms with Crippen molar-refractivity contribution < 1.29 is 19.7 Å². The second-order valence-electron chi connectivity index (χ2n) is 7.06. The van der Waals surface area contributed by atoms with Crippen LogP contribution in [0.5, 0.6) is 6.01 Å². The van der Waals surface area contributed by atoms with Gasteiger partial charge >= 0.3 is 5.97 Å². The lowest BCUT2D eigenvalue weighted by Gasteiger charge is -2.25. The maximum absolute atomic E-state index is 11.1. The van der Waals surface area contributed by atoms with Crippen molar-refractivity contribution in [1.29, 1.82) is 0 Å². The monoisotopic (exact) mass is 417 g/mol. The van der Waals surface area contributed by atoms with E-state index in [0.29, 0.717) is 59.1 Å². The van der Waals surface area contributed by atoms with Crippen LogP contribution in [0.2, 0.25) is 5.02 Å². The number of hydrogen-bond acceptors (Lipinski definition) is 5. The lowest BCUT2D eigenvalue weighted by molar-refractivity contribution is -0.143. The molecule has 2 heterocycles. The van der Waals surface area contributed by atoms with Crippen LogP contribution in [-0.4, -0.2) is 43.8 Å². The molecule has 1 saturated carbocycles. The molecule has 2 aromatic heterocycles. The first kappa shape index (κ1) is 21.1. The number of carboxylic acids is 1. The van der Waals surface area contributed by atoms with Gasteiger partial charge in [0.05, 0.1) is 28.8 Å². The number of imidazole rings is 1. The zero-order valence-corrected chi connectivity index (χ0v) is 16.9. The molecule has 0 unspecified atom stereocenters. The fourth-order valence-electron chi connectivity index (χ4n) is 3.43. The molecule has 7 nitrogen and oxygen atoms in total. The van der Waals surface area contributed by atoms with Gasteiger partial charge in [-0.05, 0) is 49.8 Å². The summed E-state index contributed by atoms with van der Waals surface area (Å²) in [6.45, 7) is 5.32. The third-order valence-corrected chi connectivity index (χ3v) is 5.44. The summed E-state index contributed by atoms with van der Waals surface area (Å²) in [6.07, 6.45) is 7.59. The molecule has 0 spiro atoms. The van der Waals surface area contributed by atoms with Gasteiger partial charge in [0, 0.05) is 0 Å². The second-order valence-corrected chi connectivity index (χ2v) is 7.47. The SMILES string of the molecule is C=C/C=C\C(CO)=C(/C)c1nc2nc(OC3CCC(C(=O)O)CC3)[nH]c2cc1Cl. The number of ether oxygens (including phenoxy) is 1. The number of allylic oxidation sites excluding steroid dienone is 3. The summed E-state index contributed by atoms with van der Waals surface area (Å²) in [6, 6.07) is 2.07. The quantitative estimate of drug-likeness (QED) is 0.584. The number of fused-ring (bicyclic) bond motifs is 1. The standard InChI is InChI=1S/C21H24ClN3O4/c1-3-4-5-14(11-26)12(2)18-16(22)10-17-19(24-18)25-21(23-17)29-15-8-6-13(7-9-15)20(27)28/h3-5,10,13,15,26H,1,6-9,11H2,2H3,(H,27,28)(H,23,24,25)/b5-4-,14-12-. The van der Waals surface area contributed by atoms with E-state index in [1.54, 1.807) is 24.3 Å². The number of halogens is 1. The second kappa shape index (κ2) is 9.24. The van der Waals surface area contributed by atoms with E-state index >= 15 is 0 Å². The Labute approximate surface area is 173 Å². The first-order valence-electron chi connectivity index (χ1n) is 9.48. The van der Waals surface area contributed by atoms with Crippen molar-refractivity contribution in [2.75, 3.05) is 6.61 Å². The molecule has 2 aromatic rings. The fraction of sp³-hybridized carbons (Fsp3) is 0.381. The highest BCUT2D eigenvalue weighted by molar-refractivity contribution is 6.32. The minimum Gasteiger partial charge on any atom is -0.481 e. The number of H-pyrrole nitrogens is 1. The molecule has 29 heavy (non-hydrogen) atoms. The molecule has 0 aromatic carbocycles. The predicted octanol–water partition coefficient (Wildman–Crippen LogP) is 4.14. The van der Waals surface area contributed by atoms with E-state index in [9.17, 15) is 9.90 Å². The Kier molecular flexibility index (Phi) is 6.71. The smallest absolute Gasteiger partial charge is 0.306 e. The maximum Gasteiger partial charge on any atom is 0.306 e. The fourth-order valence-corrected chi connectivity index (χ4v) is 3.73. The molecule has 8 heteroatoms. The Morgan fingerprint density at radius 2 is 2.10 bits per heavy atom.